The largest absolute Gasteiger partial charge is 0.472 e. The number of rotatable bonds is 15. The number of unbranched alkanes of at least 4 members (excludes halogenated alkanes) is 6. The molecule has 0 saturated carbocycles. The normalized spacial score (nSPS) is 14.6. The Morgan fingerprint density at radius 1 is 0.880 bits per heavy atom. The minimum atomic E-state index is -3.89. The number of aromatic nitrogens is 1. The molecule has 1 aromatic rings. The van der Waals surface area contributed by atoms with E-state index >= 15 is 0 Å². The lowest BCUT2D eigenvalue weighted by molar-refractivity contribution is -0.870. The lowest BCUT2D eigenvalue weighted by atomic mass is 10.1. The maximum atomic E-state index is 11.7. The molecule has 0 bridgehead atoms. The highest BCUT2D eigenvalue weighted by Crippen LogP contribution is 2.43. The lowest BCUT2D eigenvalue weighted by Crippen LogP contribution is -2.37. The van der Waals surface area contributed by atoms with E-state index in [0.29, 0.717) is 11.0 Å². The van der Waals surface area contributed by atoms with Crippen molar-refractivity contribution in [1.29, 1.82) is 0 Å². The first-order chi connectivity index (χ1) is 11.8. The molecule has 0 aliphatic carbocycles. The van der Waals surface area contributed by atoms with Crippen molar-refractivity contribution in [2.75, 3.05) is 40.9 Å². The summed E-state index contributed by atoms with van der Waals surface area (Å²) in [4.78, 5) is 9.59. The molecule has 25 heavy (non-hydrogen) atoms. The van der Waals surface area contributed by atoms with E-state index in [-0.39, 0.29) is 13.2 Å². The van der Waals surface area contributed by atoms with Gasteiger partial charge in [-0.25, -0.2) is 4.57 Å². The van der Waals surface area contributed by atoms with Crippen molar-refractivity contribution in [3.8, 4) is 0 Å². The summed E-state index contributed by atoms with van der Waals surface area (Å²) in [5, 5.41) is 0. The fourth-order valence-electron chi connectivity index (χ4n) is 2.45. The molecule has 0 fully saturated rings. The van der Waals surface area contributed by atoms with Gasteiger partial charge in [0.25, 0.3) is 0 Å². The highest BCUT2D eigenvalue weighted by atomic mass is 31.2. The van der Waals surface area contributed by atoms with Crippen LogP contribution in [0.2, 0.25) is 0 Å². The van der Waals surface area contributed by atoms with Gasteiger partial charge in [-0.05, 0) is 25.0 Å². The summed E-state index contributed by atoms with van der Waals surface area (Å²) in [6.45, 7) is 2.27. The SMILES string of the molecule is C[N+](C)(C)CCOP(=O)(O)OCCCCCCCCCn1cccc1. The summed E-state index contributed by atoms with van der Waals surface area (Å²) >= 11 is 0. The molecule has 1 aromatic heterocycles. The zero-order valence-corrected chi connectivity index (χ0v) is 17.0. The van der Waals surface area contributed by atoms with Crippen LogP contribution in [0.25, 0.3) is 0 Å². The minimum absolute atomic E-state index is 0.223. The minimum Gasteiger partial charge on any atom is -0.354 e. The fraction of sp³-hybridized carbons (Fsp3) is 0.778. The number of hydrogen-bond donors (Lipinski definition) is 1. The Morgan fingerprint density at radius 3 is 2.00 bits per heavy atom. The average Bonchev–Trinajstić information content (AvgIpc) is 3.00. The zero-order valence-electron chi connectivity index (χ0n) is 16.1. The number of aryl methyl sites for hydroxylation is 1. The van der Waals surface area contributed by atoms with E-state index in [2.05, 4.69) is 29.1 Å². The first kappa shape index (κ1) is 22.4. The molecule has 0 saturated heterocycles. The van der Waals surface area contributed by atoms with Crippen LogP contribution in [0.1, 0.15) is 44.9 Å². The Balaban J connectivity index is 1.89. The van der Waals surface area contributed by atoms with E-state index in [1.807, 2.05) is 21.1 Å². The molecule has 0 aliphatic heterocycles. The molecule has 6 nitrogen and oxygen atoms in total. The standard InChI is InChI=1S/C18H35N2O4P/c1-20(2,3)16-18-24-25(21,22)23-17-12-8-6-4-5-7-9-13-19-14-10-11-15-19/h10-11,14-15H,4-9,12-13,16-18H2,1-3H3/p+1. The van der Waals surface area contributed by atoms with E-state index in [0.717, 1.165) is 25.8 Å². The number of likely N-dealkylation sites (N-methyl/N-ethyl adjacent to an activating group) is 1. The molecule has 146 valence electrons. The monoisotopic (exact) mass is 375 g/mol. The number of hydrogen-bond acceptors (Lipinski definition) is 3. The predicted octanol–water partition coefficient (Wildman–Crippen LogP) is 4.06. The van der Waals surface area contributed by atoms with Gasteiger partial charge in [-0.1, -0.05) is 32.1 Å². The third kappa shape index (κ3) is 13.2. The number of phosphoric ester groups is 1. The predicted molar refractivity (Wildman–Crippen MR) is 101 cm³/mol. The zero-order chi connectivity index (χ0) is 18.6. The molecule has 1 unspecified atom stereocenters. The number of quaternary nitrogens is 1. The molecule has 0 spiro atoms. The van der Waals surface area contributed by atoms with Crippen LogP contribution in [0.3, 0.4) is 0 Å². The Morgan fingerprint density at radius 2 is 1.40 bits per heavy atom. The number of nitrogens with zero attached hydrogens (tertiary/aromatic N) is 2. The molecule has 1 heterocycles. The third-order valence-corrected chi connectivity index (χ3v) is 5.02. The molecular weight excluding hydrogens is 339 g/mol. The second-order valence-corrected chi connectivity index (χ2v) is 9.00. The van der Waals surface area contributed by atoms with Crippen molar-refractivity contribution >= 4 is 7.82 Å². The van der Waals surface area contributed by atoms with Gasteiger partial charge in [-0.2, -0.15) is 0 Å². The molecule has 0 radical (unpaired) electrons. The Hall–Kier alpha value is -0.650. The van der Waals surface area contributed by atoms with Crippen LogP contribution >= 0.6 is 7.82 Å². The average molecular weight is 375 g/mol. The molecular formula is C18H36N2O4P+. The van der Waals surface area contributed by atoms with Crippen molar-refractivity contribution in [2.45, 2.75) is 51.5 Å². The second-order valence-electron chi connectivity index (χ2n) is 7.54. The van der Waals surface area contributed by atoms with Crippen LogP contribution in [0.4, 0.5) is 0 Å². The Kier molecular flexibility index (Phi) is 10.6. The molecule has 0 amide bonds. The molecule has 1 rings (SSSR count). The molecule has 1 N–H and O–H groups in total. The van der Waals surface area contributed by atoms with Crippen LogP contribution in [0.5, 0.6) is 0 Å². The van der Waals surface area contributed by atoms with Crippen LogP contribution in [-0.4, -0.2) is 54.8 Å². The second kappa shape index (κ2) is 11.9. The van der Waals surface area contributed by atoms with Gasteiger partial charge in [-0.15, -0.1) is 0 Å². The van der Waals surface area contributed by atoms with Gasteiger partial charge in [0.05, 0.1) is 27.7 Å². The molecule has 1 atom stereocenters. The summed E-state index contributed by atoms with van der Waals surface area (Å²) < 4.78 is 24.6. The van der Waals surface area contributed by atoms with Crippen molar-refractivity contribution < 1.29 is 23.0 Å². The summed E-state index contributed by atoms with van der Waals surface area (Å²) in [7, 11) is 2.14. The van der Waals surface area contributed by atoms with Gasteiger partial charge >= 0.3 is 7.82 Å². The molecule has 7 heteroatoms. The lowest BCUT2D eigenvalue weighted by Gasteiger charge is -2.24. The fourth-order valence-corrected chi connectivity index (χ4v) is 3.19. The summed E-state index contributed by atoms with van der Waals surface area (Å²) in [6.07, 6.45) is 12.1. The molecule has 0 aliphatic rings. The van der Waals surface area contributed by atoms with Gasteiger partial charge in [0, 0.05) is 18.9 Å². The van der Waals surface area contributed by atoms with E-state index in [1.165, 1.54) is 25.7 Å². The maximum absolute atomic E-state index is 11.7. The van der Waals surface area contributed by atoms with Crippen LogP contribution in [-0.2, 0) is 20.2 Å². The maximum Gasteiger partial charge on any atom is 0.472 e. The quantitative estimate of drug-likeness (QED) is 0.285. The van der Waals surface area contributed by atoms with Gasteiger partial charge in [0.15, 0.2) is 0 Å². The highest BCUT2D eigenvalue weighted by Gasteiger charge is 2.21. The Bertz CT molecular complexity index is 486. The van der Waals surface area contributed by atoms with Gasteiger partial charge in [0.2, 0.25) is 0 Å². The topological polar surface area (TPSA) is 60.7 Å². The van der Waals surface area contributed by atoms with Crippen molar-refractivity contribution in [1.82, 2.24) is 4.57 Å². The van der Waals surface area contributed by atoms with Gasteiger partial charge in [0.1, 0.15) is 13.2 Å². The molecule has 0 aromatic carbocycles. The van der Waals surface area contributed by atoms with Crippen molar-refractivity contribution in [3.63, 3.8) is 0 Å². The first-order valence-corrected chi connectivity index (χ1v) is 10.8. The van der Waals surface area contributed by atoms with Crippen LogP contribution < -0.4 is 0 Å². The van der Waals surface area contributed by atoms with E-state index in [1.54, 1.807) is 0 Å². The van der Waals surface area contributed by atoms with E-state index < -0.39 is 7.82 Å². The van der Waals surface area contributed by atoms with Gasteiger partial charge < -0.3 is 13.9 Å². The highest BCUT2D eigenvalue weighted by molar-refractivity contribution is 7.47. The first-order valence-electron chi connectivity index (χ1n) is 9.32. The van der Waals surface area contributed by atoms with Crippen LogP contribution in [0, 0.1) is 0 Å². The summed E-state index contributed by atoms with van der Waals surface area (Å²) in [5.74, 6) is 0. The summed E-state index contributed by atoms with van der Waals surface area (Å²) in [5.41, 5.74) is 0. The van der Waals surface area contributed by atoms with Crippen molar-refractivity contribution in [3.05, 3.63) is 24.5 Å². The Labute approximate surface area is 153 Å². The number of phosphoric acid groups is 1. The van der Waals surface area contributed by atoms with Crippen molar-refractivity contribution in [2.24, 2.45) is 0 Å². The van der Waals surface area contributed by atoms with Gasteiger partial charge in [-0.3, -0.25) is 9.05 Å². The smallest absolute Gasteiger partial charge is 0.354 e. The van der Waals surface area contributed by atoms with Crippen LogP contribution in [0.15, 0.2) is 24.5 Å². The summed E-state index contributed by atoms with van der Waals surface area (Å²) in [6, 6.07) is 4.12. The van der Waals surface area contributed by atoms with E-state index in [9.17, 15) is 9.46 Å². The third-order valence-electron chi connectivity index (χ3n) is 4.00. The van der Waals surface area contributed by atoms with E-state index in [4.69, 9.17) is 9.05 Å².